The van der Waals surface area contributed by atoms with Crippen molar-refractivity contribution in [3.8, 4) is 11.5 Å². The van der Waals surface area contributed by atoms with Crippen molar-refractivity contribution in [3.63, 3.8) is 0 Å². The second kappa shape index (κ2) is 9.34. The van der Waals surface area contributed by atoms with E-state index in [9.17, 15) is 14.0 Å². The van der Waals surface area contributed by atoms with Crippen molar-refractivity contribution in [3.05, 3.63) is 58.4 Å². The molecule has 0 aromatic heterocycles. The minimum Gasteiger partial charge on any atom is -0.489 e. The first-order chi connectivity index (χ1) is 15.0. The van der Waals surface area contributed by atoms with Crippen LogP contribution in [0.3, 0.4) is 0 Å². The Kier molecular flexibility index (Phi) is 6.36. The van der Waals surface area contributed by atoms with Crippen LogP contribution in [0.4, 0.5) is 4.39 Å². The minimum atomic E-state index is -0.361. The Morgan fingerprint density at radius 1 is 1.13 bits per heavy atom. The van der Waals surface area contributed by atoms with Crippen LogP contribution in [0.15, 0.2) is 41.5 Å². The molecule has 2 aromatic carbocycles. The van der Waals surface area contributed by atoms with Crippen molar-refractivity contribution in [2.75, 3.05) is 13.2 Å². The zero-order chi connectivity index (χ0) is 21.8. The van der Waals surface area contributed by atoms with Crippen molar-refractivity contribution < 1.29 is 23.5 Å². The molecule has 31 heavy (non-hydrogen) atoms. The van der Waals surface area contributed by atoms with Gasteiger partial charge in [-0.25, -0.2) is 9.40 Å². The highest BCUT2D eigenvalue weighted by atomic mass is 35.5. The number of amides is 2. The number of rotatable bonds is 5. The third kappa shape index (κ3) is 5.14. The van der Waals surface area contributed by atoms with Crippen LogP contribution in [0.25, 0.3) is 0 Å². The molecule has 9 heteroatoms. The molecule has 0 atom stereocenters. The molecular weight excluding hydrogens is 425 g/mol. The Labute approximate surface area is 183 Å². The van der Waals surface area contributed by atoms with Crippen LogP contribution in [-0.2, 0) is 22.7 Å². The van der Waals surface area contributed by atoms with Gasteiger partial charge in [0, 0.05) is 25.8 Å². The molecule has 0 radical (unpaired) electrons. The molecule has 162 valence electrons. The van der Waals surface area contributed by atoms with Crippen LogP contribution >= 0.6 is 11.6 Å². The number of fused-ring (bicyclic) bond motifs is 1. The lowest BCUT2D eigenvalue weighted by molar-refractivity contribution is -0.132. The maximum atomic E-state index is 13.1. The summed E-state index contributed by atoms with van der Waals surface area (Å²) in [7, 11) is 0. The molecule has 1 N–H and O–H groups in total. The van der Waals surface area contributed by atoms with E-state index in [2.05, 4.69) is 10.4 Å². The number of nitrogens with one attached hydrogen (secondary N) is 1. The number of hydrogen-bond acceptors (Lipinski definition) is 5. The lowest BCUT2D eigenvalue weighted by atomic mass is 10.1. The molecular formula is C22H21ClFN3O4. The molecule has 2 aromatic rings. The van der Waals surface area contributed by atoms with Gasteiger partial charge in [0.15, 0.2) is 11.5 Å². The van der Waals surface area contributed by atoms with Gasteiger partial charge in [-0.15, -0.1) is 0 Å². The Morgan fingerprint density at radius 3 is 2.71 bits per heavy atom. The fourth-order valence-corrected chi connectivity index (χ4v) is 3.61. The summed E-state index contributed by atoms with van der Waals surface area (Å²) in [6, 6.07) is 9.33. The van der Waals surface area contributed by atoms with Gasteiger partial charge in [0.1, 0.15) is 11.5 Å². The van der Waals surface area contributed by atoms with Gasteiger partial charge in [-0.3, -0.25) is 9.59 Å². The summed E-state index contributed by atoms with van der Waals surface area (Å²) in [4.78, 5) is 24.8. The standard InChI is InChI=1S/C22H21ClFN3O4/c23-17-10-15(11-19-21(17)31-9-1-8-30-19)12-25-22(29)18-6-7-20(28)27(26-18)13-14-2-4-16(24)5-3-14/h2-5,10-11H,1,6-9,12-13H2,(H,25,29). The van der Waals surface area contributed by atoms with Crippen molar-refractivity contribution in [2.24, 2.45) is 5.10 Å². The third-order valence-electron chi connectivity index (χ3n) is 4.93. The highest BCUT2D eigenvalue weighted by Crippen LogP contribution is 2.37. The molecule has 4 rings (SSSR count). The molecule has 0 fully saturated rings. The normalized spacial score (nSPS) is 15.9. The fraction of sp³-hybridized carbons (Fsp3) is 0.318. The SMILES string of the molecule is O=C(NCc1cc(Cl)c2c(c1)OCCCO2)C1=NN(Cc2ccc(F)cc2)C(=O)CC1. The van der Waals surface area contributed by atoms with E-state index in [0.717, 1.165) is 17.5 Å². The maximum Gasteiger partial charge on any atom is 0.267 e. The third-order valence-corrected chi connectivity index (χ3v) is 5.21. The van der Waals surface area contributed by atoms with Gasteiger partial charge in [0.25, 0.3) is 5.91 Å². The first-order valence-electron chi connectivity index (χ1n) is 9.98. The van der Waals surface area contributed by atoms with Gasteiger partial charge in [0.2, 0.25) is 5.91 Å². The number of carbonyl (C=O) groups excluding carboxylic acids is 2. The van der Waals surface area contributed by atoms with E-state index in [1.165, 1.54) is 17.1 Å². The lowest BCUT2D eigenvalue weighted by Gasteiger charge is -2.23. The van der Waals surface area contributed by atoms with Crippen molar-refractivity contribution in [1.82, 2.24) is 10.3 Å². The Hall–Kier alpha value is -3.13. The van der Waals surface area contributed by atoms with Crippen LogP contribution in [0.5, 0.6) is 11.5 Å². The Morgan fingerprint density at radius 2 is 1.90 bits per heavy atom. The molecule has 2 amide bonds. The molecule has 2 heterocycles. The van der Waals surface area contributed by atoms with E-state index in [-0.39, 0.29) is 49.3 Å². The van der Waals surface area contributed by atoms with Gasteiger partial charge in [0.05, 0.1) is 24.8 Å². The summed E-state index contributed by atoms with van der Waals surface area (Å²) in [5.41, 5.74) is 1.75. The van der Waals surface area contributed by atoms with Crippen molar-refractivity contribution >= 4 is 29.1 Å². The number of benzene rings is 2. The summed E-state index contributed by atoms with van der Waals surface area (Å²) in [5, 5.41) is 8.70. The van der Waals surface area contributed by atoms with Gasteiger partial charge in [-0.05, 0) is 35.4 Å². The molecule has 0 bridgehead atoms. The number of halogens is 2. The smallest absolute Gasteiger partial charge is 0.267 e. The molecule has 0 aliphatic carbocycles. The topological polar surface area (TPSA) is 80.2 Å². The van der Waals surface area contributed by atoms with Crippen molar-refractivity contribution in [1.29, 1.82) is 0 Å². The molecule has 0 saturated carbocycles. The highest BCUT2D eigenvalue weighted by molar-refractivity contribution is 6.39. The summed E-state index contributed by atoms with van der Waals surface area (Å²) in [6.45, 7) is 1.47. The number of nitrogens with zero attached hydrogens (tertiary/aromatic N) is 2. The maximum absolute atomic E-state index is 13.1. The van der Waals surface area contributed by atoms with Gasteiger partial charge < -0.3 is 14.8 Å². The zero-order valence-corrected chi connectivity index (χ0v) is 17.5. The Bertz CT molecular complexity index is 1030. The number of hydrogen-bond donors (Lipinski definition) is 1. The van der Waals surface area contributed by atoms with Crippen LogP contribution < -0.4 is 14.8 Å². The molecule has 2 aliphatic rings. The van der Waals surface area contributed by atoms with Crippen LogP contribution in [-0.4, -0.2) is 35.7 Å². The zero-order valence-electron chi connectivity index (χ0n) is 16.7. The predicted molar refractivity (Wildman–Crippen MR) is 113 cm³/mol. The van der Waals surface area contributed by atoms with Crippen LogP contribution in [0, 0.1) is 5.82 Å². The quantitative estimate of drug-likeness (QED) is 0.764. The van der Waals surface area contributed by atoms with Crippen molar-refractivity contribution in [2.45, 2.75) is 32.4 Å². The predicted octanol–water partition coefficient (Wildman–Crippen LogP) is 3.44. The van der Waals surface area contributed by atoms with Gasteiger partial charge in [-0.1, -0.05) is 23.7 Å². The summed E-state index contributed by atoms with van der Waals surface area (Å²) in [5.74, 6) is 0.170. The Balaban J connectivity index is 1.42. The average Bonchev–Trinajstić information content (AvgIpc) is 3.01. The molecule has 0 saturated heterocycles. The van der Waals surface area contributed by atoms with Crippen LogP contribution in [0.2, 0.25) is 5.02 Å². The van der Waals surface area contributed by atoms with Gasteiger partial charge >= 0.3 is 0 Å². The molecule has 0 unspecified atom stereocenters. The van der Waals surface area contributed by atoms with Gasteiger partial charge in [-0.2, -0.15) is 5.10 Å². The molecule has 2 aliphatic heterocycles. The lowest BCUT2D eigenvalue weighted by Crippen LogP contribution is -2.38. The number of carbonyl (C=O) groups is 2. The average molecular weight is 446 g/mol. The molecule has 7 nitrogen and oxygen atoms in total. The molecule has 0 spiro atoms. The van der Waals surface area contributed by atoms with Crippen LogP contribution in [0.1, 0.15) is 30.4 Å². The van der Waals surface area contributed by atoms with E-state index in [4.69, 9.17) is 21.1 Å². The summed E-state index contributed by atoms with van der Waals surface area (Å²) in [6.07, 6.45) is 1.21. The first kappa shape index (κ1) is 21.1. The highest BCUT2D eigenvalue weighted by Gasteiger charge is 2.25. The first-order valence-corrected chi connectivity index (χ1v) is 10.4. The summed E-state index contributed by atoms with van der Waals surface area (Å²) < 4.78 is 24.4. The van der Waals surface area contributed by atoms with E-state index >= 15 is 0 Å². The van der Waals surface area contributed by atoms with E-state index in [1.54, 1.807) is 24.3 Å². The number of hydrazone groups is 1. The van der Waals surface area contributed by atoms with E-state index in [1.807, 2.05) is 0 Å². The second-order valence-electron chi connectivity index (χ2n) is 7.26. The minimum absolute atomic E-state index is 0.174. The van der Waals surface area contributed by atoms with E-state index < -0.39 is 0 Å². The van der Waals surface area contributed by atoms with E-state index in [0.29, 0.717) is 29.7 Å². The number of ether oxygens (including phenoxy) is 2. The fourth-order valence-electron chi connectivity index (χ4n) is 3.32. The second-order valence-corrected chi connectivity index (χ2v) is 7.67. The summed E-state index contributed by atoms with van der Waals surface area (Å²) >= 11 is 6.30. The largest absolute Gasteiger partial charge is 0.489 e. The monoisotopic (exact) mass is 445 g/mol.